The van der Waals surface area contributed by atoms with E-state index in [1.54, 1.807) is 31.2 Å². The summed E-state index contributed by atoms with van der Waals surface area (Å²) in [6.07, 6.45) is 0. The molecular weight excluding hydrogens is 415 g/mol. The predicted molar refractivity (Wildman–Crippen MR) is 122 cm³/mol. The van der Waals surface area contributed by atoms with Crippen molar-refractivity contribution in [1.82, 2.24) is 4.98 Å². The maximum Gasteiger partial charge on any atom is 0.255 e. The average Bonchev–Trinajstić information content (AvgIpc) is 2.75. The number of pyridine rings is 1. The number of hydrogen-bond donors (Lipinski definition) is 1. The summed E-state index contributed by atoms with van der Waals surface area (Å²) in [6.45, 7) is 4.12. The van der Waals surface area contributed by atoms with E-state index in [1.807, 2.05) is 37.3 Å². The van der Waals surface area contributed by atoms with Gasteiger partial charge in [-0.3, -0.25) is 4.79 Å². The van der Waals surface area contributed by atoms with Gasteiger partial charge in [0.05, 0.1) is 17.8 Å². The summed E-state index contributed by atoms with van der Waals surface area (Å²) in [4.78, 5) is 17.5. The second-order valence-electron chi connectivity index (χ2n) is 7.09. The molecule has 1 amide bonds. The van der Waals surface area contributed by atoms with Gasteiger partial charge in [-0.25, -0.2) is 9.37 Å². The Morgan fingerprint density at radius 1 is 1.10 bits per heavy atom. The van der Waals surface area contributed by atoms with E-state index >= 15 is 0 Å². The highest BCUT2D eigenvalue weighted by Crippen LogP contribution is 2.32. The van der Waals surface area contributed by atoms with E-state index in [-0.39, 0.29) is 11.7 Å². The molecule has 0 unspecified atom stereocenters. The molecule has 0 bridgehead atoms. The zero-order valence-electron chi connectivity index (χ0n) is 17.1. The molecular formula is C25H20ClFN2O2. The van der Waals surface area contributed by atoms with Gasteiger partial charge < -0.3 is 10.1 Å². The van der Waals surface area contributed by atoms with Crippen LogP contribution < -0.4 is 10.1 Å². The molecule has 156 valence electrons. The number of benzene rings is 3. The van der Waals surface area contributed by atoms with Crippen LogP contribution in [0, 0.1) is 12.7 Å². The highest BCUT2D eigenvalue weighted by molar-refractivity contribution is 6.30. The number of nitrogens with zero attached hydrogens (tertiary/aromatic N) is 1. The van der Waals surface area contributed by atoms with Crippen molar-refractivity contribution >= 4 is 34.1 Å². The Hall–Kier alpha value is -3.44. The van der Waals surface area contributed by atoms with Crippen molar-refractivity contribution in [2.45, 2.75) is 13.8 Å². The van der Waals surface area contributed by atoms with Gasteiger partial charge in [-0.2, -0.15) is 0 Å². The number of aromatic nitrogens is 1. The van der Waals surface area contributed by atoms with Crippen LogP contribution in [-0.4, -0.2) is 17.5 Å². The fraction of sp³-hybridized carbons (Fsp3) is 0.120. The van der Waals surface area contributed by atoms with Gasteiger partial charge in [0.25, 0.3) is 5.91 Å². The van der Waals surface area contributed by atoms with Crippen LogP contribution in [0.2, 0.25) is 5.02 Å². The van der Waals surface area contributed by atoms with Crippen molar-refractivity contribution in [3.05, 3.63) is 88.7 Å². The van der Waals surface area contributed by atoms with Gasteiger partial charge in [0.15, 0.2) is 0 Å². The molecule has 0 spiro atoms. The number of hydrogen-bond acceptors (Lipinski definition) is 3. The minimum atomic E-state index is -0.343. The molecule has 1 aromatic heterocycles. The first kappa shape index (κ1) is 20.8. The van der Waals surface area contributed by atoms with Gasteiger partial charge in [0, 0.05) is 33.3 Å². The first-order valence-electron chi connectivity index (χ1n) is 9.85. The van der Waals surface area contributed by atoms with Crippen LogP contribution in [0.1, 0.15) is 22.8 Å². The predicted octanol–water partition coefficient (Wildman–Crippen LogP) is 6.65. The van der Waals surface area contributed by atoms with Crippen LogP contribution in [0.5, 0.6) is 5.75 Å². The molecule has 0 fully saturated rings. The minimum Gasteiger partial charge on any atom is -0.493 e. The molecule has 31 heavy (non-hydrogen) atoms. The Labute approximate surface area is 184 Å². The summed E-state index contributed by atoms with van der Waals surface area (Å²) >= 11 is 6.13. The van der Waals surface area contributed by atoms with E-state index < -0.39 is 0 Å². The zero-order chi connectivity index (χ0) is 22.0. The number of rotatable bonds is 5. The molecule has 0 aliphatic carbocycles. The third-order valence-corrected chi connectivity index (χ3v) is 5.12. The van der Waals surface area contributed by atoms with Crippen LogP contribution in [0.4, 0.5) is 10.1 Å². The second-order valence-corrected chi connectivity index (χ2v) is 7.53. The van der Waals surface area contributed by atoms with Crippen molar-refractivity contribution < 1.29 is 13.9 Å². The Bertz CT molecular complexity index is 1290. The molecule has 0 aliphatic heterocycles. The third-order valence-electron chi connectivity index (χ3n) is 4.89. The highest BCUT2D eigenvalue weighted by atomic mass is 35.5. The lowest BCUT2D eigenvalue weighted by atomic mass is 10.1. The molecule has 0 saturated carbocycles. The number of nitrogens with one attached hydrogen (secondary N) is 1. The van der Waals surface area contributed by atoms with Crippen LogP contribution in [-0.2, 0) is 0 Å². The maximum absolute atomic E-state index is 13.3. The first-order chi connectivity index (χ1) is 14.9. The van der Waals surface area contributed by atoms with E-state index in [9.17, 15) is 9.18 Å². The van der Waals surface area contributed by atoms with Crippen LogP contribution in [0.15, 0.2) is 66.7 Å². The summed E-state index contributed by atoms with van der Waals surface area (Å²) < 4.78 is 19.2. The lowest BCUT2D eigenvalue weighted by Gasteiger charge is -2.13. The standard InChI is InChI=1S/C25H20ClFN2O2/c1-3-31-24-14-23(16-5-4-6-18(26)12-16)28-22-9-7-17(13-20(22)24)25(30)29-21-10-8-19(27)11-15(21)2/h4-14H,3H2,1-2H3,(H,29,30). The normalized spacial score (nSPS) is 10.8. The molecule has 4 aromatic rings. The average molecular weight is 435 g/mol. The second kappa shape index (κ2) is 8.74. The number of fused-ring (bicyclic) bond motifs is 1. The van der Waals surface area contributed by atoms with E-state index in [4.69, 9.17) is 21.3 Å². The lowest BCUT2D eigenvalue weighted by molar-refractivity contribution is 0.102. The summed E-state index contributed by atoms with van der Waals surface area (Å²) in [7, 11) is 0. The molecule has 0 saturated heterocycles. The monoisotopic (exact) mass is 434 g/mol. The van der Waals surface area contributed by atoms with Crippen LogP contribution in [0.25, 0.3) is 22.2 Å². The minimum absolute atomic E-state index is 0.294. The Morgan fingerprint density at radius 2 is 1.94 bits per heavy atom. The quantitative estimate of drug-likeness (QED) is 0.382. The summed E-state index contributed by atoms with van der Waals surface area (Å²) in [5, 5.41) is 4.19. The largest absolute Gasteiger partial charge is 0.493 e. The van der Waals surface area contributed by atoms with E-state index in [0.29, 0.717) is 39.7 Å². The third kappa shape index (κ3) is 4.52. The van der Waals surface area contributed by atoms with Crippen molar-refractivity contribution in [1.29, 1.82) is 0 Å². The molecule has 0 radical (unpaired) electrons. The van der Waals surface area contributed by atoms with E-state index in [0.717, 1.165) is 16.6 Å². The maximum atomic E-state index is 13.3. The molecule has 6 heteroatoms. The molecule has 3 aromatic carbocycles. The molecule has 4 nitrogen and oxygen atoms in total. The Kier molecular flexibility index (Phi) is 5.87. The van der Waals surface area contributed by atoms with Crippen molar-refractivity contribution in [2.24, 2.45) is 0 Å². The number of carbonyl (C=O) groups excluding carboxylic acids is 1. The van der Waals surface area contributed by atoms with Gasteiger partial charge in [-0.15, -0.1) is 0 Å². The summed E-state index contributed by atoms with van der Waals surface area (Å²) in [5.41, 5.74) is 3.98. The highest BCUT2D eigenvalue weighted by Gasteiger charge is 2.14. The van der Waals surface area contributed by atoms with Gasteiger partial charge >= 0.3 is 0 Å². The van der Waals surface area contributed by atoms with Gasteiger partial charge in [0.1, 0.15) is 11.6 Å². The van der Waals surface area contributed by atoms with E-state index in [2.05, 4.69) is 5.32 Å². The lowest BCUT2D eigenvalue weighted by Crippen LogP contribution is -2.13. The van der Waals surface area contributed by atoms with Crippen LogP contribution >= 0.6 is 11.6 Å². The Morgan fingerprint density at radius 3 is 2.68 bits per heavy atom. The van der Waals surface area contributed by atoms with Gasteiger partial charge in [-0.1, -0.05) is 23.7 Å². The number of carbonyl (C=O) groups is 1. The zero-order valence-corrected chi connectivity index (χ0v) is 17.8. The number of anilines is 1. The SMILES string of the molecule is CCOc1cc(-c2cccc(Cl)c2)nc2ccc(C(=O)Nc3ccc(F)cc3C)cc12. The molecule has 1 heterocycles. The van der Waals surface area contributed by atoms with Gasteiger partial charge in [-0.05, 0) is 67.9 Å². The summed E-state index contributed by atoms with van der Waals surface area (Å²) in [6, 6.07) is 18.8. The molecule has 1 N–H and O–H groups in total. The fourth-order valence-corrected chi connectivity index (χ4v) is 3.56. The number of halogens is 2. The number of amides is 1. The van der Waals surface area contributed by atoms with Gasteiger partial charge in [0.2, 0.25) is 0 Å². The smallest absolute Gasteiger partial charge is 0.255 e. The topological polar surface area (TPSA) is 51.2 Å². The fourth-order valence-electron chi connectivity index (χ4n) is 3.37. The van der Waals surface area contributed by atoms with Crippen molar-refractivity contribution in [2.75, 3.05) is 11.9 Å². The van der Waals surface area contributed by atoms with Crippen LogP contribution in [0.3, 0.4) is 0 Å². The number of aryl methyl sites for hydroxylation is 1. The van der Waals surface area contributed by atoms with Crippen molar-refractivity contribution in [3.8, 4) is 17.0 Å². The first-order valence-corrected chi connectivity index (χ1v) is 10.2. The Balaban J connectivity index is 1.73. The summed E-state index contributed by atoms with van der Waals surface area (Å²) in [5.74, 6) is -0.00259. The number of ether oxygens (including phenoxy) is 1. The molecule has 0 aliphatic rings. The van der Waals surface area contributed by atoms with E-state index in [1.165, 1.54) is 12.1 Å². The molecule has 0 atom stereocenters. The molecule has 4 rings (SSSR count). The van der Waals surface area contributed by atoms with Crippen molar-refractivity contribution in [3.63, 3.8) is 0 Å².